The number of pyridine rings is 1. The third kappa shape index (κ3) is 5.64. The maximum Gasteiger partial charge on any atom is 0.421 e. The van der Waals surface area contributed by atoms with Crippen LogP contribution >= 0.6 is 0 Å². The summed E-state index contributed by atoms with van der Waals surface area (Å²) in [6, 6.07) is 13.4. The van der Waals surface area contributed by atoms with Crippen molar-refractivity contribution in [3.05, 3.63) is 66.0 Å². The van der Waals surface area contributed by atoms with Gasteiger partial charge in [-0.15, -0.1) is 0 Å². The van der Waals surface area contributed by atoms with Gasteiger partial charge in [0.2, 0.25) is 5.95 Å². The average molecular weight is 403 g/mol. The van der Waals surface area contributed by atoms with Crippen LogP contribution in [0.5, 0.6) is 0 Å². The molecule has 0 bridgehead atoms. The van der Waals surface area contributed by atoms with Crippen molar-refractivity contribution in [2.24, 2.45) is 0 Å². The predicted octanol–water partition coefficient (Wildman–Crippen LogP) is 4.23. The summed E-state index contributed by atoms with van der Waals surface area (Å²) >= 11 is 0. The van der Waals surface area contributed by atoms with Crippen LogP contribution in [0.25, 0.3) is 11.3 Å². The maximum atomic E-state index is 13.1. The molecule has 3 rings (SSSR count). The lowest BCUT2D eigenvalue weighted by Gasteiger charge is -2.14. The molecule has 0 saturated heterocycles. The molecule has 0 aliphatic rings. The first kappa shape index (κ1) is 20.5. The van der Waals surface area contributed by atoms with Crippen molar-refractivity contribution in [3.8, 4) is 11.3 Å². The zero-order valence-electron chi connectivity index (χ0n) is 15.7. The van der Waals surface area contributed by atoms with Crippen molar-refractivity contribution in [1.29, 1.82) is 0 Å². The average Bonchev–Trinajstić information content (AvgIpc) is 2.73. The maximum absolute atomic E-state index is 13.1. The Balaban J connectivity index is 1.69. The van der Waals surface area contributed by atoms with E-state index in [1.54, 1.807) is 6.20 Å². The first-order valence-electron chi connectivity index (χ1n) is 8.88. The number of aromatic nitrogens is 3. The van der Waals surface area contributed by atoms with Crippen LogP contribution < -0.4 is 10.6 Å². The van der Waals surface area contributed by atoms with Crippen molar-refractivity contribution < 1.29 is 17.9 Å². The zero-order valence-corrected chi connectivity index (χ0v) is 15.7. The number of nitrogens with one attached hydrogen (secondary N) is 2. The highest BCUT2D eigenvalue weighted by Crippen LogP contribution is 2.33. The quantitative estimate of drug-likeness (QED) is 0.549. The van der Waals surface area contributed by atoms with Gasteiger partial charge < -0.3 is 15.4 Å². The molecular formula is C20H20F3N5O. The van der Waals surface area contributed by atoms with Crippen molar-refractivity contribution in [3.63, 3.8) is 0 Å². The minimum atomic E-state index is -4.55. The molecule has 6 nitrogen and oxygen atoms in total. The lowest BCUT2D eigenvalue weighted by Crippen LogP contribution is -2.17. The summed E-state index contributed by atoms with van der Waals surface area (Å²) in [6.45, 7) is 0.822. The summed E-state index contributed by atoms with van der Waals surface area (Å²) < 4.78 is 44.3. The lowest BCUT2D eigenvalue weighted by atomic mass is 10.1. The van der Waals surface area contributed by atoms with Gasteiger partial charge in [-0.1, -0.05) is 30.3 Å². The molecule has 0 radical (unpaired) electrons. The molecule has 29 heavy (non-hydrogen) atoms. The van der Waals surface area contributed by atoms with Crippen LogP contribution in [0.15, 0.2) is 54.9 Å². The van der Waals surface area contributed by atoms with Crippen LogP contribution in [-0.4, -0.2) is 35.2 Å². The Morgan fingerprint density at radius 2 is 1.79 bits per heavy atom. The minimum absolute atomic E-state index is 0.103. The van der Waals surface area contributed by atoms with Crippen molar-refractivity contribution in [2.45, 2.75) is 12.7 Å². The van der Waals surface area contributed by atoms with Gasteiger partial charge in [-0.2, -0.15) is 18.2 Å². The Labute approximate surface area is 166 Å². The Morgan fingerprint density at radius 1 is 1.00 bits per heavy atom. The number of nitrogens with zero attached hydrogens (tertiary/aromatic N) is 3. The number of anilines is 2. The summed E-state index contributed by atoms with van der Waals surface area (Å²) in [5, 5.41) is 5.60. The van der Waals surface area contributed by atoms with Gasteiger partial charge in [0.15, 0.2) is 0 Å². The van der Waals surface area contributed by atoms with E-state index in [1.165, 1.54) is 7.11 Å². The van der Waals surface area contributed by atoms with Crippen molar-refractivity contribution in [1.82, 2.24) is 15.0 Å². The van der Waals surface area contributed by atoms with Gasteiger partial charge in [0.1, 0.15) is 11.4 Å². The van der Waals surface area contributed by atoms with Gasteiger partial charge in [-0.3, -0.25) is 4.98 Å². The monoisotopic (exact) mass is 403 g/mol. The van der Waals surface area contributed by atoms with E-state index in [9.17, 15) is 13.2 Å². The highest BCUT2D eigenvalue weighted by molar-refractivity contribution is 5.59. The van der Waals surface area contributed by atoms with Gasteiger partial charge in [-0.25, -0.2) is 4.98 Å². The number of ether oxygens (including phenoxy) is 1. The summed E-state index contributed by atoms with van der Waals surface area (Å²) in [5.41, 5.74) is 1.86. The van der Waals surface area contributed by atoms with Gasteiger partial charge >= 0.3 is 6.18 Å². The highest BCUT2D eigenvalue weighted by Gasteiger charge is 2.35. The largest absolute Gasteiger partial charge is 0.421 e. The third-order valence-corrected chi connectivity index (χ3v) is 4.06. The molecule has 0 aliphatic heterocycles. The molecule has 0 spiro atoms. The first-order valence-corrected chi connectivity index (χ1v) is 8.88. The summed E-state index contributed by atoms with van der Waals surface area (Å²) in [6.07, 6.45) is -2.05. The second-order valence-corrected chi connectivity index (χ2v) is 6.14. The molecule has 0 atom stereocenters. The molecule has 3 aromatic rings. The molecular weight excluding hydrogens is 383 g/mol. The van der Waals surface area contributed by atoms with E-state index < -0.39 is 11.7 Å². The second-order valence-electron chi connectivity index (χ2n) is 6.14. The van der Waals surface area contributed by atoms with Gasteiger partial charge in [-0.05, 0) is 17.7 Å². The van der Waals surface area contributed by atoms with Crippen LogP contribution in [0, 0.1) is 0 Å². The van der Waals surface area contributed by atoms with E-state index >= 15 is 0 Å². The Bertz CT molecular complexity index is 918. The topological polar surface area (TPSA) is 72.0 Å². The molecule has 0 fully saturated rings. The number of methoxy groups -OCH3 is 1. The summed E-state index contributed by atoms with van der Waals surface area (Å²) in [7, 11) is 1.47. The molecule has 0 aliphatic carbocycles. The van der Waals surface area contributed by atoms with Crippen LogP contribution in [0.3, 0.4) is 0 Å². The van der Waals surface area contributed by atoms with Gasteiger partial charge in [0, 0.05) is 38.2 Å². The van der Waals surface area contributed by atoms with E-state index in [0.717, 1.165) is 23.0 Å². The second kappa shape index (κ2) is 9.33. The summed E-state index contributed by atoms with van der Waals surface area (Å²) in [4.78, 5) is 12.1. The normalized spacial score (nSPS) is 11.3. The Hall–Kier alpha value is -3.20. The first-order chi connectivity index (χ1) is 14.0. The van der Waals surface area contributed by atoms with E-state index in [2.05, 4.69) is 25.6 Å². The molecule has 0 saturated carbocycles. The zero-order chi connectivity index (χ0) is 20.7. The highest BCUT2D eigenvalue weighted by atomic mass is 19.4. The molecule has 2 aromatic heterocycles. The molecule has 152 valence electrons. The van der Waals surface area contributed by atoms with Crippen LogP contribution in [-0.2, 0) is 17.5 Å². The number of rotatable bonds is 8. The minimum Gasteiger partial charge on any atom is -0.383 e. The van der Waals surface area contributed by atoms with E-state index in [0.29, 0.717) is 6.54 Å². The van der Waals surface area contributed by atoms with Crippen LogP contribution in [0.2, 0.25) is 0 Å². The lowest BCUT2D eigenvalue weighted by molar-refractivity contribution is -0.137. The van der Waals surface area contributed by atoms with E-state index in [1.807, 2.05) is 42.5 Å². The number of hydrogen-bond acceptors (Lipinski definition) is 6. The molecule has 2 N–H and O–H groups in total. The fourth-order valence-corrected chi connectivity index (χ4v) is 2.59. The Kier molecular flexibility index (Phi) is 6.61. The number of alkyl halides is 3. The van der Waals surface area contributed by atoms with Gasteiger partial charge in [0.25, 0.3) is 0 Å². The third-order valence-electron chi connectivity index (χ3n) is 4.06. The van der Waals surface area contributed by atoms with E-state index in [4.69, 9.17) is 4.74 Å². The molecule has 0 unspecified atom stereocenters. The van der Waals surface area contributed by atoms with E-state index in [-0.39, 0.29) is 24.9 Å². The molecule has 1 aromatic carbocycles. The molecule has 0 amide bonds. The van der Waals surface area contributed by atoms with Gasteiger partial charge in [0.05, 0.1) is 12.3 Å². The number of hydrogen-bond donors (Lipinski definition) is 2. The molecule has 9 heteroatoms. The number of halogens is 3. The van der Waals surface area contributed by atoms with Crippen LogP contribution in [0.4, 0.5) is 24.9 Å². The SMILES string of the molecule is COCCNc1nc(NCc2ccc(-c3ccccn3)cc2)ncc1C(F)(F)F. The standard InChI is InChI=1S/C20H20F3N5O/c1-29-11-10-25-18-16(20(21,22)23)13-27-19(28-18)26-12-14-5-7-15(8-6-14)17-4-2-3-9-24-17/h2-9,13H,10-12H2,1H3,(H2,25,26,27,28). The Morgan fingerprint density at radius 3 is 2.45 bits per heavy atom. The predicted molar refractivity (Wildman–Crippen MR) is 104 cm³/mol. The van der Waals surface area contributed by atoms with Crippen LogP contribution in [0.1, 0.15) is 11.1 Å². The summed E-state index contributed by atoms with van der Waals surface area (Å²) in [5.74, 6) is -0.177. The number of benzene rings is 1. The fourth-order valence-electron chi connectivity index (χ4n) is 2.59. The van der Waals surface area contributed by atoms with Crippen molar-refractivity contribution >= 4 is 11.8 Å². The van der Waals surface area contributed by atoms with Crippen molar-refractivity contribution in [2.75, 3.05) is 30.9 Å². The molecule has 2 heterocycles. The smallest absolute Gasteiger partial charge is 0.383 e. The fraction of sp³-hybridized carbons (Fsp3) is 0.250.